The first kappa shape index (κ1) is 18.5. The van der Waals surface area contributed by atoms with E-state index in [1.54, 1.807) is 7.11 Å². The van der Waals surface area contributed by atoms with Crippen molar-refractivity contribution in [3.8, 4) is 11.5 Å². The number of anilines is 1. The van der Waals surface area contributed by atoms with Gasteiger partial charge in [-0.2, -0.15) is 0 Å². The molecule has 0 atom stereocenters. The molecule has 0 unspecified atom stereocenters. The van der Waals surface area contributed by atoms with Gasteiger partial charge in [-0.3, -0.25) is 0 Å². The molecule has 0 aliphatic heterocycles. The molecule has 0 saturated heterocycles. The summed E-state index contributed by atoms with van der Waals surface area (Å²) in [6.07, 6.45) is 0. The van der Waals surface area contributed by atoms with Gasteiger partial charge in [0.25, 0.3) is 0 Å². The second kappa shape index (κ2) is 9.45. The average Bonchev–Trinajstić information content (AvgIpc) is 2.68. The van der Waals surface area contributed by atoms with E-state index in [1.165, 1.54) is 3.57 Å². The second-order valence-electron chi connectivity index (χ2n) is 5.73. The Balaban J connectivity index is 1.61. The van der Waals surface area contributed by atoms with Gasteiger partial charge in [-0.25, -0.2) is 5.43 Å². The highest BCUT2D eigenvalue weighted by Gasteiger charge is 2.06. The number of para-hydroxylation sites is 1. The number of hydrogen-bond donors (Lipinski definition) is 2. The maximum Gasteiger partial charge on any atom is 0.125 e. The normalized spacial score (nSPS) is 10.4. The lowest BCUT2D eigenvalue weighted by molar-refractivity contribution is 0.296. The van der Waals surface area contributed by atoms with E-state index in [-0.39, 0.29) is 0 Å². The van der Waals surface area contributed by atoms with E-state index >= 15 is 0 Å². The number of rotatable bonds is 8. The summed E-state index contributed by atoms with van der Waals surface area (Å²) in [7, 11) is 1.68. The van der Waals surface area contributed by atoms with E-state index in [2.05, 4.69) is 39.5 Å². The maximum atomic E-state index is 5.90. The number of hydrazine groups is 1. The van der Waals surface area contributed by atoms with Crippen LogP contribution in [-0.2, 0) is 13.2 Å². The van der Waals surface area contributed by atoms with Gasteiger partial charge in [-0.05, 0) is 76.7 Å². The fourth-order valence-corrected chi connectivity index (χ4v) is 2.88. The van der Waals surface area contributed by atoms with Crippen molar-refractivity contribution in [2.24, 2.45) is 0 Å². The highest BCUT2D eigenvalue weighted by molar-refractivity contribution is 14.1. The molecule has 5 heteroatoms. The first-order chi connectivity index (χ1) is 12.7. The zero-order valence-corrected chi connectivity index (χ0v) is 16.7. The molecule has 0 spiro atoms. The van der Waals surface area contributed by atoms with Crippen LogP contribution < -0.4 is 20.3 Å². The molecular weight excluding hydrogens is 439 g/mol. The van der Waals surface area contributed by atoms with E-state index in [9.17, 15) is 0 Å². The highest BCUT2D eigenvalue weighted by atomic mass is 127. The van der Waals surface area contributed by atoms with Crippen molar-refractivity contribution in [3.05, 3.63) is 87.5 Å². The van der Waals surface area contributed by atoms with E-state index in [0.29, 0.717) is 13.2 Å². The Morgan fingerprint density at radius 3 is 2.42 bits per heavy atom. The summed E-state index contributed by atoms with van der Waals surface area (Å²) in [5.74, 6) is 1.68. The zero-order valence-electron chi connectivity index (χ0n) is 14.5. The molecule has 134 valence electrons. The maximum absolute atomic E-state index is 5.90. The monoisotopic (exact) mass is 460 g/mol. The van der Waals surface area contributed by atoms with Crippen LogP contribution in [0.5, 0.6) is 11.5 Å². The molecule has 3 aromatic carbocycles. The van der Waals surface area contributed by atoms with Crippen molar-refractivity contribution in [3.63, 3.8) is 0 Å². The van der Waals surface area contributed by atoms with Gasteiger partial charge in [0.1, 0.15) is 18.1 Å². The second-order valence-corrected chi connectivity index (χ2v) is 6.98. The molecule has 0 bridgehead atoms. The van der Waals surface area contributed by atoms with E-state index in [1.807, 2.05) is 66.7 Å². The highest BCUT2D eigenvalue weighted by Crippen LogP contribution is 2.23. The standard InChI is InChI=1S/C21H21IN2O2/c1-25-21-12-7-16(14-23-24-19-5-3-2-4-6-19)13-17(21)15-26-20-10-8-18(22)9-11-20/h2-13,23-24H,14-15H2,1H3. The molecule has 0 aromatic heterocycles. The molecule has 0 fully saturated rings. The van der Waals surface area contributed by atoms with Crippen molar-refractivity contribution in [2.75, 3.05) is 12.5 Å². The van der Waals surface area contributed by atoms with E-state index in [4.69, 9.17) is 9.47 Å². The molecule has 2 N–H and O–H groups in total. The summed E-state index contributed by atoms with van der Waals surface area (Å²) in [5, 5.41) is 0. The predicted molar refractivity (Wildman–Crippen MR) is 113 cm³/mol. The lowest BCUT2D eigenvalue weighted by Gasteiger charge is -2.13. The van der Waals surface area contributed by atoms with Gasteiger partial charge in [0.15, 0.2) is 0 Å². The summed E-state index contributed by atoms with van der Waals surface area (Å²) in [4.78, 5) is 0. The van der Waals surface area contributed by atoms with Crippen LogP contribution in [0.15, 0.2) is 72.8 Å². The van der Waals surface area contributed by atoms with Gasteiger partial charge in [-0.1, -0.05) is 24.3 Å². The Labute approximate surface area is 167 Å². The quantitative estimate of drug-likeness (QED) is 0.367. The largest absolute Gasteiger partial charge is 0.496 e. The van der Waals surface area contributed by atoms with Crippen molar-refractivity contribution >= 4 is 28.3 Å². The Morgan fingerprint density at radius 1 is 0.923 bits per heavy atom. The first-order valence-electron chi connectivity index (χ1n) is 8.32. The Bertz CT molecular complexity index is 823. The van der Waals surface area contributed by atoms with Gasteiger partial charge < -0.3 is 14.9 Å². The Morgan fingerprint density at radius 2 is 1.69 bits per heavy atom. The van der Waals surface area contributed by atoms with Gasteiger partial charge in [-0.15, -0.1) is 0 Å². The van der Waals surface area contributed by atoms with Crippen LogP contribution in [0.1, 0.15) is 11.1 Å². The fourth-order valence-electron chi connectivity index (χ4n) is 2.52. The third kappa shape index (κ3) is 5.37. The molecule has 3 rings (SSSR count). The van der Waals surface area contributed by atoms with Crippen LogP contribution in [0.4, 0.5) is 5.69 Å². The third-order valence-electron chi connectivity index (χ3n) is 3.85. The summed E-state index contributed by atoms with van der Waals surface area (Å²) in [6.45, 7) is 1.15. The molecular formula is C21H21IN2O2. The first-order valence-corrected chi connectivity index (χ1v) is 9.40. The van der Waals surface area contributed by atoms with Crippen LogP contribution >= 0.6 is 22.6 Å². The van der Waals surface area contributed by atoms with Gasteiger partial charge in [0.05, 0.1) is 7.11 Å². The van der Waals surface area contributed by atoms with Crippen LogP contribution in [0.3, 0.4) is 0 Å². The number of ether oxygens (including phenoxy) is 2. The molecule has 3 aromatic rings. The Hall–Kier alpha value is -2.25. The van der Waals surface area contributed by atoms with Gasteiger partial charge in [0, 0.05) is 21.4 Å². The lowest BCUT2D eigenvalue weighted by atomic mass is 10.1. The van der Waals surface area contributed by atoms with Gasteiger partial charge in [0.2, 0.25) is 0 Å². The zero-order chi connectivity index (χ0) is 18.2. The minimum absolute atomic E-state index is 0.462. The predicted octanol–water partition coefficient (Wildman–Crippen LogP) is 5.00. The van der Waals surface area contributed by atoms with Crippen LogP contribution in [-0.4, -0.2) is 7.11 Å². The summed E-state index contributed by atoms with van der Waals surface area (Å²) >= 11 is 2.28. The number of nitrogens with one attached hydrogen (secondary N) is 2. The van der Waals surface area contributed by atoms with Crippen molar-refractivity contribution in [2.45, 2.75) is 13.2 Å². The molecule has 0 heterocycles. The lowest BCUT2D eigenvalue weighted by Crippen LogP contribution is -2.20. The number of benzene rings is 3. The average molecular weight is 460 g/mol. The molecule has 26 heavy (non-hydrogen) atoms. The molecule has 0 aliphatic carbocycles. The molecule has 0 radical (unpaired) electrons. The minimum atomic E-state index is 0.462. The topological polar surface area (TPSA) is 42.5 Å². The fraction of sp³-hybridized carbons (Fsp3) is 0.143. The van der Waals surface area contributed by atoms with Crippen molar-refractivity contribution in [1.82, 2.24) is 5.43 Å². The van der Waals surface area contributed by atoms with Gasteiger partial charge >= 0.3 is 0 Å². The summed E-state index contributed by atoms with van der Waals surface area (Å²) in [5.41, 5.74) is 9.62. The summed E-state index contributed by atoms with van der Waals surface area (Å²) < 4.78 is 12.5. The van der Waals surface area contributed by atoms with Crippen molar-refractivity contribution < 1.29 is 9.47 Å². The van der Waals surface area contributed by atoms with E-state index in [0.717, 1.165) is 28.3 Å². The van der Waals surface area contributed by atoms with Crippen LogP contribution in [0.25, 0.3) is 0 Å². The SMILES string of the molecule is COc1ccc(CNNc2ccccc2)cc1COc1ccc(I)cc1. The summed E-state index contributed by atoms with van der Waals surface area (Å²) in [6, 6.07) is 24.2. The van der Waals surface area contributed by atoms with E-state index < -0.39 is 0 Å². The molecule has 0 saturated carbocycles. The third-order valence-corrected chi connectivity index (χ3v) is 4.57. The van der Waals surface area contributed by atoms with Crippen LogP contribution in [0, 0.1) is 3.57 Å². The number of hydrogen-bond acceptors (Lipinski definition) is 4. The van der Waals surface area contributed by atoms with Crippen LogP contribution in [0.2, 0.25) is 0 Å². The molecule has 0 amide bonds. The number of methoxy groups -OCH3 is 1. The molecule has 0 aliphatic rings. The number of halogens is 1. The molecule has 4 nitrogen and oxygen atoms in total. The van der Waals surface area contributed by atoms with Crippen molar-refractivity contribution in [1.29, 1.82) is 0 Å². The smallest absolute Gasteiger partial charge is 0.125 e. The minimum Gasteiger partial charge on any atom is -0.496 e. The Kier molecular flexibility index (Phi) is 6.74.